The molecule has 2 atom stereocenters. The summed E-state index contributed by atoms with van der Waals surface area (Å²) in [7, 11) is 0. The molecule has 16 heavy (non-hydrogen) atoms. The number of nitrogens with one attached hydrogen (secondary N) is 2. The van der Waals surface area contributed by atoms with Crippen LogP contribution < -0.4 is 10.6 Å². The molecule has 2 N–H and O–H groups in total. The molecule has 0 aliphatic carbocycles. The Hall–Kier alpha value is -1.10. The number of rotatable bonds is 4. The van der Waals surface area contributed by atoms with Crippen molar-refractivity contribution in [2.75, 3.05) is 19.7 Å². The van der Waals surface area contributed by atoms with Crippen molar-refractivity contribution in [1.82, 2.24) is 10.6 Å². The van der Waals surface area contributed by atoms with Gasteiger partial charge in [0.25, 0.3) is 0 Å². The van der Waals surface area contributed by atoms with Gasteiger partial charge >= 0.3 is 5.97 Å². The summed E-state index contributed by atoms with van der Waals surface area (Å²) in [6, 6.07) is 0.121. The van der Waals surface area contributed by atoms with Gasteiger partial charge in [0.2, 0.25) is 5.91 Å². The molecular weight excluding hydrogens is 208 g/mol. The smallest absolute Gasteiger partial charge is 0.315 e. The van der Waals surface area contributed by atoms with Gasteiger partial charge in [0, 0.05) is 12.6 Å². The molecule has 2 unspecified atom stereocenters. The number of hydrogen-bond donors (Lipinski definition) is 2. The van der Waals surface area contributed by atoms with Gasteiger partial charge < -0.3 is 15.4 Å². The van der Waals surface area contributed by atoms with Crippen LogP contribution in [0.1, 0.15) is 26.7 Å². The van der Waals surface area contributed by atoms with Crippen LogP contribution in [0.2, 0.25) is 0 Å². The van der Waals surface area contributed by atoms with E-state index in [-0.39, 0.29) is 18.4 Å². The number of amides is 1. The van der Waals surface area contributed by atoms with Crippen LogP contribution in [-0.4, -0.2) is 37.6 Å². The van der Waals surface area contributed by atoms with Gasteiger partial charge in [-0.25, -0.2) is 0 Å². The number of carbonyl (C=O) groups excluding carboxylic acids is 2. The Balaban J connectivity index is 2.30. The molecular formula is C11H20N2O3. The van der Waals surface area contributed by atoms with Crippen molar-refractivity contribution >= 4 is 11.9 Å². The van der Waals surface area contributed by atoms with E-state index in [1.807, 2.05) is 0 Å². The fourth-order valence-corrected chi connectivity index (χ4v) is 1.78. The molecule has 0 aromatic rings. The molecule has 1 saturated heterocycles. The van der Waals surface area contributed by atoms with Crippen LogP contribution in [0.3, 0.4) is 0 Å². The van der Waals surface area contributed by atoms with Crippen molar-refractivity contribution in [3.63, 3.8) is 0 Å². The van der Waals surface area contributed by atoms with Crippen LogP contribution >= 0.6 is 0 Å². The lowest BCUT2D eigenvalue weighted by Crippen LogP contribution is -2.50. The number of esters is 1. The highest BCUT2D eigenvalue weighted by molar-refractivity contribution is 5.94. The van der Waals surface area contributed by atoms with E-state index in [1.54, 1.807) is 6.92 Å². The molecule has 0 radical (unpaired) electrons. The summed E-state index contributed by atoms with van der Waals surface area (Å²) in [5.74, 6) is -0.261. The normalized spacial score (nSPS) is 24.9. The summed E-state index contributed by atoms with van der Waals surface area (Å²) >= 11 is 0. The minimum absolute atomic E-state index is 0.121. The number of ether oxygens (including phenoxy) is 1. The van der Waals surface area contributed by atoms with Crippen molar-refractivity contribution in [2.24, 2.45) is 5.92 Å². The molecule has 0 aromatic heterocycles. The molecule has 1 aliphatic heterocycles. The maximum atomic E-state index is 11.5. The van der Waals surface area contributed by atoms with Crippen molar-refractivity contribution in [1.29, 1.82) is 0 Å². The lowest BCUT2D eigenvalue weighted by atomic mass is 9.95. The van der Waals surface area contributed by atoms with Gasteiger partial charge in [0.15, 0.2) is 0 Å². The Kier molecular flexibility index (Phi) is 5.25. The average Bonchev–Trinajstić information content (AvgIpc) is 2.21. The number of hydrogen-bond acceptors (Lipinski definition) is 4. The summed E-state index contributed by atoms with van der Waals surface area (Å²) < 4.78 is 4.71. The Morgan fingerprint density at radius 3 is 2.88 bits per heavy atom. The van der Waals surface area contributed by atoms with Crippen molar-refractivity contribution < 1.29 is 14.3 Å². The first-order valence-electron chi connectivity index (χ1n) is 5.79. The summed E-state index contributed by atoms with van der Waals surface area (Å²) in [5.41, 5.74) is 0. The van der Waals surface area contributed by atoms with E-state index in [1.165, 1.54) is 0 Å². The van der Waals surface area contributed by atoms with Crippen molar-refractivity contribution in [3.05, 3.63) is 0 Å². The second-order valence-corrected chi connectivity index (χ2v) is 4.13. The predicted molar refractivity (Wildman–Crippen MR) is 59.8 cm³/mol. The van der Waals surface area contributed by atoms with Crippen molar-refractivity contribution in [3.8, 4) is 0 Å². The molecule has 0 saturated carbocycles. The van der Waals surface area contributed by atoms with E-state index in [2.05, 4.69) is 17.6 Å². The van der Waals surface area contributed by atoms with Crippen molar-refractivity contribution in [2.45, 2.75) is 32.7 Å². The second kappa shape index (κ2) is 6.48. The van der Waals surface area contributed by atoms with Gasteiger partial charge in [0.05, 0.1) is 6.61 Å². The third kappa shape index (κ3) is 4.18. The predicted octanol–water partition coefficient (Wildman–Crippen LogP) is 0.0538. The molecule has 0 aromatic carbocycles. The molecule has 5 nitrogen and oxygen atoms in total. The quantitative estimate of drug-likeness (QED) is 0.527. The second-order valence-electron chi connectivity index (χ2n) is 4.13. The SMILES string of the molecule is CCOC(=O)CC(=O)NC1CNCCC1C. The highest BCUT2D eigenvalue weighted by Crippen LogP contribution is 2.11. The Labute approximate surface area is 95.9 Å². The van der Waals surface area contributed by atoms with Crippen LogP contribution in [0.15, 0.2) is 0 Å². The van der Waals surface area contributed by atoms with Gasteiger partial charge in [0.1, 0.15) is 6.42 Å². The summed E-state index contributed by atoms with van der Waals surface area (Å²) in [5, 5.41) is 6.07. The summed E-state index contributed by atoms with van der Waals surface area (Å²) in [6.45, 7) is 5.91. The lowest BCUT2D eigenvalue weighted by Gasteiger charge is -2.30. The largest absolute Gasteiger partial charge is 0.466 e. The van der Waals surface area contributed by atoms with E-state index >= 15 is 0 Å². The van der Waals surface area contributed by atoms with E-state index < -0.39 is 5.97 Å². The van der Waals surface area contributed by atoms with Gasteiger partial charge in [-0.05, 0) is 25.8 Å². The van der Waals surface area contributed by atoms with Gasteiger partial charge in [-0.15, -0.1) is 0 Å². The Bertz CT molecular complexity index is 256. The van der Waals surface area contributed by atoms with Crippen LogP contribution in [0.25, 0.3) is 0 Å². The van der Waals surface area contributed by atoms with E-state index in [0.29, 0.717) is 12.5 Å². The third-order valence-corrected chi connectivity index (χ3v) is 2.78. The summed E-state index contributed by atoms with van der Waals surface area (Å²) in [4.78, 5) is 22.6. The standard InChI is InChI=1S/C11H20N2O3/c1-3-16-11(15)6-10(14)13-9-7-12-5-4-8(9)2/h8-9,12H,3-7H2,1-2H3,(H,13,14). The van der Waals surface area contributed by atoms with E-state index in [4.69, 9.17) is 4.74 Å². The Morgan fingerprint density at radius 2 is 2.25 bits per heavy atom. The molecule has 92 valence electrons. The maximum Gasteiger partial charge on any atom is 0.315 e. The highest BCUT2D eigenvalue weighted by Gasteiger charge is 2.23. The minimum atomic E-state index is -0.462. The Morgan fingerprint density at radius 1 is 1.50 bits per heavy atom. The first kappa shape index (κ1) is 13.0. The molecule has 1 aliphatic rings. The van der Waals surface area contributed by atoms with Crippen LogP contribution in [0, 0.1) is 5.92 Å². The van der Waals surface area contributed by atoms with Gasteiger partial charge in [-0.1, -0.05) is 6.92 Å². The lowest BCUT2D eigenvalue weighted by molar-refractivity contribution is -0.146. The van der Waals surface area contributed by atoms with Crippen LogP contribution in [-0.2, 0) is 14.3 Å². The minimum Gasteiger partial charge on any atom is -0.466 e. The molecule has 5 heteroatoms. The first-order chi connectivity index (χ1) is 7.63. The maximum absolute atomic E-state index is 11.5. The molecule has 1 rings (SSSR count). The zero-order valence-corrected chi connectivity index (χ0v) is 9.91. The molecule has 1 amide bonds. The van der Waals surface area contributed by atoms with Gasteiger partial charge in [-0.2, -0.15) is 0 Å². The van der Waals surface area contributed by atoms with Crippen LogP contribution in [0.4, 0.5) is 0 Å². The molecule has 0 bridgehead atoms. The monoisotopic (exact) mass is 228 g/mol. The number of piperidine rings is 1. The average molecular weight is 228 g/mol. The fraction of sp³-hybridized carbons (Fsp3) is 0.818. The van der Waals surface area contributed by atoms with Crippen LogP contribution in [0.5, 0.6) is 0 Å². The number of carbonyl (C=O) groups is 2. The highest BCUT2D eigenvalue weighted by atomic mass is 16.5. The van der Waals surface area contributed by atoms with E-state index in [0.717, 1.165) is 19.5 Å². The molecule has 0 spiro atoms. The topological polar surface area (TPSA) is 67.4 Å². The molecule has 1 fully saturated rings. The van der Waals surface area contributed by atoms with E-state index in [9.17, 15) is 9.59 Å². The zero-order chi connectivity index (χ0) is 12.0. The first-order valence-corrected chi connectivity index (χ1v) is 5.79. The fourth-order valence-electron chi connectivity index (χ4n) is 1.78. The zero-order valence-electron chi connectivity index (χ0n) is 9.91. The molecule has 1 heterocycles. The third-order valence-electron chi connectivity index (χ3n) is 2.78. The summed E-state index contributed by atoms with van der Waals surface area (Å²) in [6.07, 6.45) is 0.863. The van der Waals surface area contributed by atoms with Gasteiger partial charge in [-0.3, -0.25) is 9.59 Å².